The molecule has 2 aromatic rings. The van der Waals surface area contributed by atoms with E-state index in [0.29, 0.717) is 18.6 Å². The lowest BCUT2D eigenvalue weighted by Crippen LogP contribution is -3.20. The summed E-state index contributed by atoms with van der Waals surface area (Å²) in [5.74, 6) is 0.911. The quantitative estimate of drug-likeness (QED) is 0.706. The molecule has 4 atom stereocenters. The SMILES string of the molecule is COc1ccc(C[NH+]2[C@@H]3CCC[C@H]2CC(NC(=O)NCc2ccccc2)C3)cc1. The number of benzene rings is 2. The number of hydrogen-bond acceptors (Lipinski definition) is 2. The summed E-state index contributed by atoms with van der Waals surface area (Å²) in [6.07, 6.45) is 5.97. The van der Waals surface area contributed by atoms with Gasteiger partial charge in [0.05, 0.1) is 19.2 Å². The van der Waals surface area contributed by atoms with Crippen LogP contribution in [0.4, 0.5) is 4.79 Å². The Balaban J connectivity index is 1.31. The first kappa shape index (κ1) is 19.8. The number of urea groups is 1. The molecule has 2 saturated heterocycles. The Kier molecular flexibility index (Phi) is 6.35. The molecule has 29 heavy (non-hydrogen) atoms. The monoisotopic (exact) mass is 394 g/mol. The average Bonchev–Trinajstić information content (AvgIpc) is 2.74. The molecule has 2 aromatic carbocycles. The van der Waals surface area contributed by atoms with Crippen molar-refractivity contribution < 1.29 is 14.4 Å². The van der Waals surface area contributed by atoms with Crippen LogP contribution in [0.5, 0.6) is 5.75 Å². The number of carbonyl (C=O) groups excluding carboxylic acids is 1. The fourth-order valence-electron chi connectivity index (χ4n) is 5.04. The van der Waals surface area contributed by atoms with Gasteiger partial charge < -0.3 is 20.3 Å². The van der Waals surface area contributed by atoms with Gasteiger partial charge in [-0.05, 0) is 49.1 Å². The van der Waals surface area contributed by atoms with Crippen LogP contribution in [0, 0.1) is 0 Å². The Morgan fingerprint density at radius 2 is 1.69 bits per heavy atom. The van der Waals surface area contributed by atoms with Crippen LogP contribution in [0.3, 0.4) is 0 Å². The van der Waals surface area contributed by atoms with E-state index in [4.69, 9.17) is 4.74 Å². The summed E-state index contributed by atoms with van der Waals surface area (Å²) in [5, 5.41) is 6.24. The number of carbonyl (C=O) groups is 1. The second-order valence-corrected chi connectivity index (χ2v) is 8.41. The number of fused-ring (bicyclic) bond motifs is 2. The number of hydrogen-bond donors (Lipinski definition) is 3. The van der Waals surface area contributed by atoms with E-state index in [1.54, 1.807) is 12.0 Å². The van der Waals surface area contributed by atoms with E-state index in [0.717, 1.165) is 30.7 Å². The average molecular weight is 395 g/mol. The first-order chi connectivity index (χ1) is 14.2. The molecule has 2 amide bonds. The van der Waals surface area contributed by atoms with E-state index in [2.05, 4.69) is 34.9 Å². The van der Waals surface area contributed by atoms with Gasteiger partial charge in [-0.2, -0.15) is 0 Å². The summed E-state index contributed by atoms with van der Waals surface area (Å²) in [6, 6.07) is 20.0. The van der Waals surface area contributed by atoms with Crippen molar-refractivity contribution in [2.45, 2.75) is 63.3 Å². The summed E-state index contributed by atoms with van der Waals surface area (Å²) < 4.78 is 5.28. The molecule has 0 aliphatic carbocycles. The van der Waals surface area contributed by atoms with Gasteiger partial charge in [0.1, 0.15) is 12.3 Å². The maximum atomic E-state index is 12.4. The van der Waals surface area contributed by atoms with Crippen molar-refractivity contribution in [3.8, 4) is 5.75 Å². The molecule has 5 heteroatoms. The molecular weight excluding hydrogens is 362 g/mol. The highest BCUT2D eigenvalue weighted by Gasteiger charge is 2.42. The maximum Gasteiger partial charge on any atom is 0.315 e. The summed E-state index contributed by atoms with van der Waals surface area (Å²) >= 11 is 0. The lowest BCUT2D eigenvalue weighted by Gasteiger charge is -2.46. The molecule has 0 radical (unpaired) electrons. The number of amides is 2. The predicted molar refractivity (Wildman–Crippen MR) is 114 cm³/mol. The third kappa shape index (κ3) is 5.10. The van der Waals surface area contributed by atoms with Gasteiger partial charge in [-0.3, -0.25) is 0 Å². The zero-order chi connectivity index (χ0) is 20.1. The zero-order valence-corrected chi connectivity index (χ0v) is 17.2. The summed E-state index contributed by atoms with van der Waals surface area (Å²) in [4.78, 5) is 14.1. The number of nitrogens with one attached hydrogen (secondary N) is 3. The largest absolute Gasteiger partial charge is 0.497 e. The number of rotatable bonds is 6. The van der Waals surface area contributed by atoms with Gasteiger partial charge >= 0.3 is 6.03 Å². The van der Waals surface area contributed by atoms with Crippen LogP contribution in [0.1, 0.15) is 43.2 Å². The maximum absolute atomic E-state index is 12.4. The van der Waals surface area contributed by atoms with Crippen LogP contribution in [-0.2, 0) is 13.1 Å². The van der Waals surface area contributed by atoms with Crippen molar-refractivity contribution >= 4 is 6.03 Å². The van der Waals surface area contributed by atoms with Crippen LogP contribution < -0.4 is 20.3 Å². The van der Waals surface area contributed by atoms with Crippen LogP contribution >= 0.6 is 0 Å². The molecule has 0 saturated carbocycles. The number of methoxy groups -OCH3 is 1. The molecule has 2 fully saturated rings. The Hall–Kier alpha value is -2.53. The summed E-state index contributed by atoms with van der Waals surface area (Å²) in [6.45, 7) is 1.63. The van der Waals surface area contributed by atoms with Crippen LogP contribution in [0.25, 0.3) is 0 Å². The minimum atomic E-state index is -0.0458. The Labute approximate surface area is 173 Å². The molecule has 154 valence electrons. The highest BCUT2D eigenvalue weighted by Crippen LogP contribution is 2.23. The second-order valence-electron chi connectivity index (χ2n) is 8.41. The van der Waals surface area contributed by atoms with Crippen molar-refractivity contribution in [2.75, 3.05) is 7.11 Å². The molecule has 2 bridgehead atoms. The fraction of sp³-hybridized carbons (Fsp3) is 0.458. The Morgan fingerprint density at radius 1 is 1.00 bits per heavy atom. The van der Waals surface area contributed by atoms with Gasteiger partial charge in [0.25, 0.3) is 0 Å². The standard InChI is InChI=1S/C24H31N3O2/c1-29-23-12-10-19(11-13-23)17-27-21-8-5-9-22(27)15-20(14-21)26-24(28)25-16-18-6-3-2-4-7-18/h2-4,6-7,10-13,20-22H,5,8-9,14-17H2,1H3,(H2,25,26,28)/p+1/t20?,21-,22+. The molecular formula is C24H32N3O2+. The van der Waals surface area contributed by atoms with Crippen LogP contribution in [-0.4, -0.2) is 31.3 Å². The van der Waals surface area contributed by atoms with E-state index < -0.39 is 0 Å². The molecule has 4 rings (SSSR count). The fourth-order valence-corrected chi connectivity index (χ4v) is 5.04. The van der Waals surface area contributed by atoms with Gasteiger partial charge in [0.2, 0.25) is 0 Å². The smallest absolute Gasteiger partial charge is 0.315 e. The molecule has 2 unspecified atom stereocenters. The van der Waals surface area contributed by atoms with Crippen LogP contribution in [0.2, 0.25) is 0 Å². The normalized spacial score (nSPS) is 25.8. The molecule has 0 spiro atoms. The number of quaternary nitrogens is 1. The van der Waals surface area contributed by atoms with Crippen molar-refractivity contribution in [1.82, 2.24) is 10.6 Å². The van der Waals surface area contributed by atoms with Crippen molar-refractivity contribution in [3.05, 3.63) is 65.7 Å². The van der Waals surface area contributed by atoms with Crippen molar-refractivity contribution in [2.24, 2.45) is 0 Å². The van der Waals surface area contributed by atoms with Gasteiger partial charge in [-0.1, -0.05) is 30.3 Å². The first-order valence-electron chi connectivity index (χ1n) is 10.8. The Morgan fingerprint density at radius 3 is 2.34 bits per heavy atom. The molecule has 2 aliphatic heterocycles. The minimum Gasteiger partial charge on any atom is -0.497 e. The summed E-state index contributed by atoms with van der Waals surface area (Å²) in [5.41, 5.74) is 2.49. The molecule has 2 heterocycles. The second kappa shape index (κ2) is 9.31. The third-order valence-electron chi connectivity index (χ3n) is 6.49. The van der Waals surface area contributed by atoms with E-state index in [1.807, 2.05) is 30.3 Å². The third-order valence-corrected chi connectivity index (χ3v) is 6.49. The van der Waals surface area contributed by atoms with Gasteiger partial charge in [-0.15, -0.1) is 0 Å². The van der Waals surface area contributed by atoms with Gasteiger partial charge in [0.15, 0.2) is 0 Å². The van der Waals surface area contributed by atoms with Gasteiger partial charge in [0, 0.05) is 31.0 Å². The van der Waals surface area contributed by atoms with E-state index >= 15 is 0 Å². The number of ether oxygens (including phenoxy) is 1. The number of piperidine rings is 2. The lowest BCUT2D eigenvalue weighted by atomic mass is 9.81. The van der Waals surface area contributed by atoms with Crippen molar-refractivity contribution in [3.63, 3.8) is 0 Å². The van der Waals surface area contributed by atoms with Crippen molar-refractivity contribution in [1.29, 1.82) is 0 Å². The van der Waals surface area contributed by atoms with E-state index in [1.165, 1.54) is 24.8 Å². The molecule has 5 nitrogen and oxygen atoms in total. The minimum absolute atomic E-state index is 0.0458. The molecule has 3 N–H and O–H groups in total. The van der Waals surface area contributed by atoms with E-state index in [9.17, 15) is 4.79 Å². The highest BCUT2D eigenvalue weighted by molar-refractivity contribution is 5.74. The highest BCUT2D eigenvalue weighted by atomic mass is 16.5. The van der Waals surface area contributed by atoms with Crippen LogP contribution in [0.15, 0.2) is 54.6 Å². The Bertz CT molecular complexity index is 780. The van der Waals surface area contributed by atoms with Gasteiger partial charge in [-0.25, -0.2) is 4.79 Å². The lowest BCUT2D eigenvalue weighted by molar-refractivity contribution is -0.973. The predicted octanol–water partition coefficient (Wildman–Crippen LogP) is 2.66. The zero-order valence-electron chi connectivity index (χ0n) is 17.2. The first-order valence-corrected chi connectivity index (χ1v) is 10.8. The summed E-state index contributed by atoms with van der Waals surface area (Å²) in [7, 11) is 1.71. The molecule has 0 aromatic heterocycles. The topological polar surface area (TPSA) is 54.8 Å². The van der Waals surface area contributed by atoms with E-state index in [-0.39, 0.29) is 12.1 Å². The molecule has 2 aliphatic rings.